The third-order valence-corrected chi connectivity index (χ3v) is 4.84. The highest BCUT2D eigenvalue weighted by Gasteiger charge is 2.22. The van der Waals surface area contributed by atoms with E-state index in [-0.39, 0.29) is 6.10 Å². The average Bonchev–Trinajstić information content (AvgIpc) is 2.73. The summed E-state index contributed by atoms with van der Waals surface area (Å²) in [5.41, 5.74) is 2.38. The SMILES string of the molecule is CCNC(=NCc1cccc(COC)c1)N1CCC(Oc2ccccc2)CC1. The van der Waals surface area contributed by atoms with E-state index in [2.05, 4.69) is 41.4 Å². The Bertz CT molecular complexity index is 741. The molecule has 0 aromatic heterocycles. The fraction of sp³-hybridized carbons (Fsp3) is 0.435. The zero-order valence-electron chi connectivity index (χ0n) is 16.9. The number of hydrogen-bond acceptors (Lipinski definition) is 3. The van der Waals surface area contributed by atoms with E-state index in [0.717, 1.165) is 44.2 Å². The molecular formula is C23H31N3O2. The van der Waals surface area contributed by atoms with Gasteiger partial charge in [-0.15, -0.1) is 0 Å². The third kappa shape index (κ3) is 5.99. The molecule has 1 N–H and O–H groups in total. The Balaban J connectivity index is 1.56. The summed E-state index contributed by atoms with van der Waals surface area (Å²) in [4.78, 5) is 7.21. The second-order valence-electron chi connectivity index (χ2n) is 7.04. The number of aliphatic imine (C=N–C) groups is 1. The number of ether oxygens (including phenoxy) is 2. The fourth-order valence-corrected chi connectivity index (χ4v) is 3.45. The summed E-state index contributed by atoms with van der Waals surface area (Å²) in [6, 6.07) is 18.5. The molecule has 5 nitrogen and oxygen atoms in total. The second kappa shape index (κ2) is 10.7. The van der Waals surface area contributed by atoms with Gasteiger partial charge in [0.1, 0.15) is 11.9 Å². The standard InChI is InChI=1S/C23H31N3O2/c1-3-24-23(25-17-19-8-7-9-20(16-19)18-27-2)26-14-12-22(13-15-26)28-21-10-5-4-6-11-21/h4-11,16,22H,3,12-15,17-18H2,1-2H3,(H,24,25). The lowest BCUT2D eigenvalue weighted by molar-refractivity contribution is 0.129. The van der Waals surface area contributed by atoms with Gasteiger partial charge in [-0.1, -0.05) is 42.5 Å². The van der Waals surface area contributed by atoms with E-state index in [1.165, 1.54) is 11.1 Å². The minimum Gasteiger partial charge on any atom is -0.490 e. The molecule has 1 aliphatic heterocycles. The van der Waals surface area contributed by atoms with Crippen molar-refractivity contribution in [1.29, 1.82) is 0 Å². The molecular weight excluding hydrogens is 350 g/mol. The van der Waals surface area contributed by atoms with Gasteiger partial charge < -0.3 is 19.7 Å². The van der Waals surface area contributed by atoms with Crippen LogP contribution in [0.3, 0.4) is 0 Å². The van der Waals surface area contributed by atoms with Crippen molar-refractivity contribution in [3.05, 3.63) is 65.7 Å². The van der Waals surface area contributed by atoms with Gasteiger partial charge in [-0.3, -0.25) is 0 Å². The van der Waals surface area contributed by atoms with Crippen molar-refractivity contribution in [2.45, 2.75) is 39.0 Å². The first-order chi connectivity index (χ1) is 13.8. The molecule has 1 fully saturated rings. The third-order valence-electron chi connectivity index (χ3n) is 4.84. The maximum absolute atomic E-state index is 6.11. The van der Waals surface area contributed by atoms with E-state index in [4.69, 9.17) is 14.5 Å². The van der Waals surface area contributed by atoms with Crippen LogP contribution in [-0.2, 0) is 17.9 Å². The van der Waals surface area contributed by atoms with Crippen molar-refractivity contribution < 1.29 is 9.47 Å². The normalized spacial score (nSPS) is 15.5. The predicted octanol–water partition coefficient (Wildman–Crippen LogP) is 3.84. The Kier molecular flexibility index (Phi) is 7.73. The summed E-state index contributed by atoms with van der Waals surface area (Å²) < 4.78 is 11.3. The highest BCUT2D eigenvalue weighted by atomic mass is 16.5. The number of para-hydroxylation sites is 1. The molecule has 2 aromatic rings. The Morgan fingerprint density at radius 1 is 1.07 bits per heavy atom. The van der Waals surface area contributed by atoms with Crippen molar-refractivity contribution in [3.8, 4) is 5.75 Å². The number of guanidine groups is 1. The van der Waals surface area contributed by atoms with E-state index in [0.29, 0.717) is 13.2 Å². The van der Waals surface area contributed by atoms with E-state index in [1.54, 1.807) is 7.11 Å². The van der Waals surface area contributed by atoms with Crippen molar-refractivity contribution in [2.24, 2.45) is 4.99 Å². The fourth-order valence-electron chi connectivity index (χ4n) is 3.45. The number of rotatable bonds is 7. The number of piperidine rings is 1. The van der Waals surface area contributed by atoms with Crippen LogP contribution < -0.4 is 10.1 Å². The molecule has 28 heavy (non-hydrogen) atoms. The van der Waals surface area contributed by atoms with Gasteiger partial charge in [0.2, 0.25) is 0 Å². The number of benzene rings is 2. The molecule has 1 aliphatic rings. The van der Waals surface area contributed by atoms with Gasteiger partial charge in [0.15, 0.2) is 5.96 Å². The van der Waals surface area contributed by atoms with E-state index in [1.807, 2.05) is 30.3 Å². The lowest BCUT2D eigenvalue weighted by atomic mass is 10.1. The van der Waals surface area contributed by atoms with Crippen LogP contribution in [-0.4, -0.2) is 43.7 Å². The molecule has 2 aromatic carbocycles. The van der Waals surface area contributed by atoms with Crippen LogP contribution in [0.4, 0.5) is 0 Å². The number of methoxy groups -OCH3 is 1. The van der Waals surface area contributed by atoms with Gasteiger partial charge in [-0.05, 0) is 30.2 Å². The molecule has 0 radical (unpaired) electrons. The van der Waals surface area contributed by atoms with Crippen LogP contribution in [0.15, 0.2) is 59.6 Å². The van der Waals surface area contributed by atoms with Crippen molar-refractivity contribution in [3.63, 3.8) is 0 Å². The van der Waals surface area contributed by atoms with Crippen LogP contribution in [0, 0.1) is 0 Å². The summed E-state index contributed by atoms with van der Waals surface area (Å²) >= 11 is 0. The van der Waals surface area contributed by atoms with Crippen LogP contribution in [0.2, 0.25) is 0 Å². The summed E-state index contributed by atoms with van der Waals surface area (Å²) in [6.45, 7) is 6.18. The molecule has 150 valence electrons. The molecule has 1 heterocycles. The smallest absolute Gasteiger partial charge is 0.194 e. The van der Waals surface area contributed by atoms with Crippen molar-refractivity contribution >= 4 is 5.96 Å². The predicted molar refractivity (Wildman–Crippen MR) is 114 cm³/mol. The van der Waals surface area contributed by atoms with Gasteiger partial charge in [-0.2, -0.15) is 0 Å². The molecule has 3 rings (SSSR count). The van der Waals surface area contributed by atoms with E-state index < -0.39 is 0 Å². The average molecular weight is 382 g/mol. The minimum absolute atomic E-state index is 0.271. The Morgan fingerprint density at radius 2 is 1.82 bits per heavy atom. The van der Waals surface area contributed by atoms with Crippen LogP contribution >= 0.6 is 0 Å². The van der Waals surface area contributed by atoms with Crippen molar-refractivity contribution in [2.75, 3.05) is 26.7 Å². The molecule has 5 heteroatoms. The molecule has 0 aliphatic carbocycles. The van der Waals surface area contributed by atoms with Gasteiger partial charge in [0.25, 0.3) is 0 Å². The lowest BCUT2D eigenvalue weighted by Crippen LogP contribution is -2.47. The first-order valence-corrected chi connectivity index (χ1v) is 10.1. The molecule has 0 saturated carbocycles. The summed E-state index contributed by atoms with van der Waals surface area (Å²) in [5, 5.41) is 3.44. The largest absolute Gasteiger partial charge is 0.490 e. The number of nitrogens with zero attached hydrogens (tertiary/aromatic N) is 2. The topological polar surface area (TPSA) is 46.1 Å². The Labute approximate surface area is 168 Å². The van der Waals surface area contributed by atoms with Gasteiger partial charge in [-0.25, -0.2) is 4.99 Å². The molecule has 0 unspecified atom stereocenters. The molecule has 0 bridgehead atoms. The lowest BCUT2D eigenvalue weighted by Gasteiger charge is -2.34. The molecule has 1 saturated heterocycles. The van der Waals surface area contributed by atoms with Crippen LogP contribution in [0.25, 0.3) is 0 Å². The van der Waals surface area contributed by atoms with Gasteiger partial charge in [0.05, 0.1) is 13.2 Å². The summed E-state index contributed by atoms with van der Waals surface area (Å²) in [6.07, 6.45) is 2.28. The Hall–Kier alpha value is -2.53. The zero-order valence-corrected chi connectivity index (χ0v) is 16.9. The maximum Gasteiger partial charge on any atom is 0.194 e. The molecule has 0 amide bonds. The minimum atomic E-state index is 0.271. The van der Waals surface area contributed by atoms with Gasteiger partial charge in [0, 0.05) is 39.6 Å². The number of hydrogen-bond donors (Lipinski definition) is 1. The maximum atomic E-state index is 6.11. The number of nitrogens with one attached hydrogen (secondary N) is 1. The summed E-state index contributed by atoms with van der Waals surface area (Å²) in [5.74, 6) is 1.94. The highest BCUT2D eigenvalue weighted by Crippen LogP contribution is 2.19. The first kappa shape index (κ1) is 20.2. The Morgan fingerprint density at radius 3 is 2.54 bits per heavy atom. The van der Waals surface area contributed by atoms with E-state index >= 15 is 0 Å². The van der Waals surface area contributed by atoms with Gasteiger partial charge >= 0.3 is 0 Å². The monoisotopic (exact) mass is 381 g/mol. The first-order valence-electron chi connectivity index (χ1n) is 10.1. The quantitative estimate of drug-likeness (QED) is 0.585. The summed E-state index contributed by atoms with van der Waals surface area (Å²) in [7, 11) is 1.72. The highest BCUT2D eigenvalue weighted by molar-refractivity contribution is 5.80. The molecule has 0 spiro atoms. The van der Waals surface area contributed by atoms with Crippen LogP contribution in [0.1, 0.15) is 30.9 Å². The zero-order chi connectivity index (χ0) is 19.6. The second-order valence-corrected chi connectivity index (χ2v) is 7.04. The molecule has 0 atom stereocenters. The van der Waals surface area contributed by atoms with E-state index in [9.17, 15) is 0 Å². The van der Waals surface area contributed by atoms with Crippen molar-refractivity contribution in [1.82, 2.24) is 10.2 Å². The van der Waals surface area contributed by atoms with Crippen LogP contribution in [0.5, 0.6) is 5.75 Å². The number of likely N-dealkylation sites (tertiary alicyclic amines) is 1.